The monoisotopic (exact) mass is 459 g/mol. The van der Waals surface area contributed by atoms with Crippen LogP contribution in [-0.2, 0) is 10.4 Å². The number of alkyl halides is 1. The summed E-state index contributed by atoms with van der Waals surface area (Å²) >= 11 is 6.19. The molecule has 1 aliphatic rings. The first-order chi connectivity index (χ1) is 15.9. The van der Waals surface area contributed by atoms with Crippen LogP contribution in [0.5, 0.6) is 0 Å². The molecular weight excluding hydrogens is 433 g/mol. The van der Waals surface area contributed by atoms with Crippen molar-refractivity contribution < 1.29 is 9.13 Å². The van der Waals surface area contributed by atoms with E-state index in [4.69, 9.17) is 16.3 Å². The van der Waals surface area contributed by atoms with Gasteiger partial charge in [0, 0.05) is 17.1 Å². The lowest BCUT2D eigenvalue weighted by Gasteiger charge is -2.34. The Morgan fingerprint density at radius 2 is 1.58 bits per heavy atom. The fourth-order valence-corrected chi connectivity index (χ4v) is 4.76. The summed E-state index contributed by atoms with van der Waals surface area (Å²) in [5.74, 6) is 0. The second-order valence-corrected chi connectivity index (χ2v) is 9.43. The Morgan fingerprint density at radius 3 is 2.27 bits per heavy atom. The van der Waals surface area contributed by atoms with Crippen molar-refractivity contribution in [3.8, 4) is 11.1 Å². The molecule has 4 aromatic rings. The highest BCUT2D eigenvalue weighted by molar-refractivity contribution is 6.30. The first-order valence-electron chi connectivity index (χ1n) is 11.3. The van der Waals surface area contributed by atoms with Gasteiger partial charge in [0.05, 0.1) is 13.2 Å². The first kappa shape index (κ1) is 22.1. The molecule has 2 unspecified atom stereocenters. The second kappa shape index (κ2) is 8.90. The van der Waals surface area contributed by atoms with Crippen LogP contribution in [-0.4, -0.2) is 13.2 Å². The number of rotatable bonds is 6. The Bertz CT molecular complexity index is 1280. The van der Waals surface area contributed by atoms with Crippen LogP contribution in [0.2, 0.25) is 5.02 Å². The van der Waals surface area contributed by atoms with Gasteiger partial charge in [-0.15, -0.1) is 0 Å². The highest BCUT2D eigenvalue weighted by atomic mass is 35.5. The molecule has 1 fully saturated rings. The SMILES string of the molecule is CC(NC(C)c1cc(-c2ccc(C3(F)COC3)cc2)c2ccccc2c1)c1cccc(Cl)c1. The van der Waals surface area contributed by atoms with Gasteiger partial charge in [-0.1, -0.05) is 72.3 Å². The lowest BCUT2D eigenvalue weighted by Crippen LogP contribution is -2.42. The van der Waals surface area contributed by atoms with Crippen LogP contribution in [0.15, 0.2) is 84.9 Å². The van der Waals surface area contributed by atoms with Gasteiger partial charge in [0.15, 0.2) is 5.67 Å². The summed E-state index contributed by atoms with van der Waals surface area (Å²) in [6, 6.07) is 29.0. The molecule has 0 amide bonds. The first-order valence-corrected chi connectivity index (χ1v) is 11.7. The fraction of sp³-hybridized carbons (Fsp3) is 0.241. The van der Waals surface area contributed by atoms with E-state index in [2.05, 4.69) is 61.6 Å². The summed E-state index contributed by atoms with van der Waals surface area (Å²) < 4.78 is 19.8. The number of fused-ring (bicyclic) bond motifs is 1. The third kappa shape index (κ3) is 4.41. The normalized spacial score (nSPS) is 16.8. The van der Waals surface area contributed by atoms with E-state index in [1.807, 2.05) is 42.5 Å². The van der Waals surface area contributed by atoms with Gasteiger partial charge in [0.25, 0.3) is 0 Å². The molecule has 1 heterocycles. The van der Waals surface area contributed by atoms with Crippen molar-refractivity contribution >= 4 is 22.4 Å². The van der Waals surface area contributed by atoms with Crippen molar-refractivity contribution in [2.45, 2.75) is 31.6 Å². The minimum atomic E-state index is -1.35. The van der Waals surface area contributed by atoms with E-state index in [1.54, 1.807) is 0 Å². The molecule has 0 spiro atoms. The minimum absolute atomic E-state index is 0.128. The number of ether oxygens (including phenoxy) is 1. The van der Waals surface area contributed by atoms with E-state index in [9.17, 15) is 4.39 Å². The lowest BCUT2D eigenvalue weighted by molar-refractivity contribution is -0.135. The predicted molar refractivity (Wildman–Crippen MR) is 134 cm³/mol. The molecule has 2 atom stereocenters. The number of hydrogen-bond acceptors (Lipinski definition) is 2. The van der Waals surface area contributed by atoms with Crippen LogP contribution < -0.4 is 5.32 Å². The summed E-state index contributed by atoms with van der Waals surface area (Å²) in [5, 5.41) is 6.82. The van der Waals surface area contributed by atoms with E-state index < -0.39 is 5.67 Å². The van der Waals surface area contributed by atoms with Gasteiger partial charge in [0.2, 0.25) is 0 Å². The summed E-state index contributed by atoms with van der Waals surface area (Å²) in [5.41, 5.74) is 3.93. The predicted octanol–water partition coefficient (Wildman–Crippen LogP) is 7.77. The maximum absolute atomic E-state index is 14.7. The second-order valence-electron chi connectivity index (χ2n) is 8.99. The van der Waals surface area contributed by atoms with Gasteiger partial charge < -0.3 is 10.1 Å². The van der Waals surface area contributed by atoms with Crippen LogP contribution in [0.1, 0.15) is 42.6 Å². The number of benzene rings is 4. The van der Waals surface area contributed by atoms with Crippen LogP contribution in [0.4, 0.5) is 4.39 Å². The zero-order valence-electron chi connectivity index (χ0n) is 18.8. The Hall–Kier alpha value is -2.72. The van der Waals surface area contributed by atoms with Crippen molar-refractivity contribution in [1.29, 1.82) is 0 Å². The van der Waals surface area contributed by atoms with E-state index >= 15 is 0 Å². The smallest absolute Gasteiger partial charge is 0.182 e. The van der Waals surface area contributed by atoms with Crippen LogP contribution >= 0.6 is 11.6 Å². The number of hydrogen-bond donors (Lipinski definition) is 1. The highest BCUT2D eigenvalue weighted by Crippen LogP contribution is 2.37. The minimum Gasteiger partial charge on any atom is -0.374 e. The highest BCUT2D eigenvalue weighted by Gasteiger charge is 2.40. The van der Waals surface area contributed by atoms with Crippen molar-refractivity contribution in [3.05, 3.63) is 107 Å². The maximum Gasteiger partial charge on any atom is 0.182 e. The molecule has 168 valence electrons. The molecule has 0 saturated carbocycles. The molecule has 1 saturated heterocycles. The maximum atomic E-state index is 14.7. The van der Waals surface area contributed by atoms with Gasteiger partial charge in [-0.2, -0.15) is 0 Å². The van der Waals surface area contributed by atoms with E-state index in [0.717, 1.165) is 21.7 Å². The third-order valence-electron chi connectivity index (χ3n) is 6.61. The number of nitrogens with one attached hydrogen (secondary N) is 1. The van der Waals surface area contributed by atoms with Gasteiger partial charge in [-0.05, 0) is 76.7 Å². The van der Waals surface area contributed by atoms with Gasteiger partial charge in [-0.3, -0.25) is 0 Å². The Kier molecular flexibility index (Phi) is 5.96. The molecular formula is C29H27ClFNO. The molecule has 2 nitrogen and oxygen atoms in total. The number of halogens is 2. The van der Waals surface area contributed by atoms with E-state index in [0.29, 0.717) is 5.56 Å². The summed E-state index contributed by atoms with van der Waals surface area (Å²) in [6.45, 7) is 4.61. The molecule has 4 heteroatoms. The van der Waals surface area contributed by atoms with Gasteiger partial charge in [0.1, 0.15) is 0 Å². The van der Waals surface area contributed by atoms with Crippen molar-refractivity contribution in [2.75, 3.05) is 13.2 Å². The zero-order chi connectivity index (χ0) is 23.0. The average Bonchev–Trinajstić information content (AvgIpc) is 2.82. The summed E-state index contributed by atoms with van der Waals surface area (Å²) in [7, 11) is 0. The molecule has 1 N–H and O–H groups in total. The largest absolute Gasteiger partial charge is 0.374 e. The van der Waals surface area contributed by atoms with Crippen LogP contribution in [0.3, 0.4) is 0 Å². The summed E-state index contributed by atoms with van der Waals surface area (Å²) in [4.78, 5) is 0. The third-order valence-corrected chi connectivity index (χ3v) is 6.84. The Morgan fingerprint density at radius 1 is 0.848 bits per heavy atom. The fourth-order valence-electron chi connectivity index (χ4n) is 4.56. The van der Waals surface area contributed by atoms with Crippen molar-refractivity contribution in [3.63, 3.8) is 0 Å². The van der Waals surface area contributed by atoms with Gasteiger partial charge >= 0.3 is 0 Å². The standard InChI is InChI=1S/C29H27ClFNO/c1-19(22-7-5-8-26(30)15-22)32-20(2)24-14-23-6-3-4-9-27(23)28(16-24)21-10-12-25(13-11-21)29(31)17-33-18-29/h3-16,19-20,32H,17-18H2,1-2H3. The van der Waals surface area contributed by atoms with E-state index in [1.165, 1.54) is 16.3 Å². The topological polar surface area (TPSA) is 21.3 Å². The molecule has 0 radical (unpaired) electrons. The molecule has 1 aliphatic heterocycles. The molecule has 5 rings (SSSR count). The van der Waals surface area contributed by atoms with Gasteiger partial charge in [-0.25, -0.2) is 4.39 Å². The summed E-state index contributed by atoms with van der Waals surface area (Å²) in [6.07, 6.45) is 0. The Balaban J connectivity index is 1.48. The van der Waals surface area contributed by atoms with Crippen LogP contribution in [0, 0.1) is 0 Å². The molecule has 0 aliphatic carbocycles. The van der Waals surface area contributed by atoms with Crippen LogP contribution in [0.25, 0.3) is 21.9 Å². The lowest BCUT2D eigenvalue weighted by atomic mass is 9.90. The molecule has 0 aromatic heterocycles. The molecule has 0 bridgehead atoms. The molecule has 33 heavy (non-hydrogen) atoms. The molecule has 4 aromatic carbocycles. The van der Waals surface area contributed by atoms with Crippen molar-refractivity contribution in [2.24, 2.45) is 0 Å². The average molecular weight is 460 g/mol. The van der Waals surface area contributed by atoms with Crippen molar-refractivity contribution in [1.82, 2.24) is 5.32 Å². The van der Waals surface area contributed by atoms with E-state index in [-0.39, 0.29) is 25.3 Å². The quantitative estimate of drug-likeness (QED) is 0.318. The zero-order valence-corrected chi connectivity index (χ0v) is 19.6. The Labute approximate surface area is 199 Å².